The van der Waals surface area contributed by atoms with Crippen molar-refractivity contribution in [2.45, 2.75) is 20.8 Å². The monoisotopic (exact) mass is 326 g/mol. The maximum Gasteiger partial charge on any atom is 0.239 e. The number of ether oxygens (including phenoxy) is 1. The first-order chi connectivity index (χ1) is 11.4. The summed E-state index contributed by atoms with van der Waals surface area (Å²) in [4.78, 5) is 25.1. The third-order valence-corrected chi connectivity index (χ3v) is 3.60. The Morgan fingerprint density at radius 3 is 2.17 bits per heavy atom. The van der Waals surface area contributed by atoms with E-state index in [-0.39, 0.29) is 5.91 Å². The average molecular weight is 326 g/mol. The van der Waals surface area contributed by atoms with E-state index in [4.69, 9.17) is 4.74 Å². The molecule has 0 aliphatic carbocycles. The molecule has 2 aromatic carbocycles. The van der Waals surface area contributed by atoms with Crippen LogP contribution in [-0.4, -0.2) is 18.4 Å². The third kappa shape index (κ3) is 4.13. The van der Waals surface area contributed by atoms with Crippen LogP contribution in [0.1, 0.15) is 20.8 Å². The van der Waals surface area contributed by atoms with Crippen molar-refractivity contribution in [3.63, 3.8) is 0 Å². The molecule has 2 aromatic rings. The van der Waals surface area contributed by atoms with Gasteiger partial charge in [0.15, 0.2) is 0 Å². The summed E-state index contributed by atoms with van der Waals surface area (Å²) < 4.78 is 5.49. The first-order valence-electron chi connectivity index (χ1n) is 7.85. The Morgan fingerprint density at radius 2 is 1.50 bits per heavy atom. The van der Waals surface area contributed by atoms with Crippen LogP contribution >= 0.6 is 0 Å². The molecule has 0 spiro atoms. The van der Waals surface area contributed by atoms with E-state index < -0.39 is 11.3 Å². The van der Waals surface area contributed by atoms with Crippen LogP contribution in [0, 0.1) is 5.41 Å². The number of carbonyl (C=O) groups is 2. The van der Waals surface area contributed by atoms with E-state index in [1.54, 1.807) is 44.2 Å². The highest BCUT2D eigenvalue weighted by molar-refractivity contribution is 6.14. The second kappa shape index (κ2) is 7.64. The van der Waals surface area contributed by atoms with Gasteiger partial charge in [-0.1, -0.05) is 30.3 Å². The number of hydrogen-bond acceptors (Lipinski definition) is 3. The van der Waals surface area contributed by atoms with E-state index in [9.17, 15) is 9.59 Å². The fourth-order valence-corrected chi connectivity index (χ4v) is 2.04. The Bertz CT molecular complexity index is 712. The highest BCUT2D eigenvalue weighted by atomic mass is 16.5. The van der Waals surface area contributed by atoms with Gasteiger partial charge in [-0.25, -0.2) is 0 Å². The molecule has 2 amide bonds. The van der Waals surface area contributed by atoms with Crippen molar-refractivity contribution in [3.8, 4) is 5.75 Å². The van der Waals surface area contributed by atoms with Crippen LogP contribution < -0.4 is 15.4 Å². The van der Waals surface area contributed by atoms with Gasteiger partial charge in [0.1, 0.15) is 11.2 Å². The van der Waals surface area contributed by atoms with Crippen molar-refractivity contribution >= 4 is 23.2 Å². The minimum atomic E-state index is -1.24. The lowest BCUT2D eigenvalue weighted by atomic mass is 9.90. The number of hydrogen-bond donors (Lipinski definition) is 2. The normalized spacial score (nSPS) is 10.8. The Labute approximate surface area is 142 Å². The number of nitrogens with one attached hydrogen (secondary N) is 2. The Morgan fingerprint density at radius 1 is 0.917 bits per heavy atom. The van der Waals surface area contributed by atoms with Crippen molar-refractivity contribution < 1.29 is 14.3 Å². The van der Waals surface area contributed by atoms with Crippen LogP contribution in [0.15, 0.2) is 54.6 Å². The van der Waals surface area contributed by atoms with Gasteiger partial charge in [-0.15, -0.1) is 0 Å². The summed E-state index contributed by atoms with van der Waals surface area (Å²) in [5.41, 5.74) is -0.0437. The average Bonchev–Trinajstić information content (AvgIpc) is 2.57. The van der Waals surface area contributed by atoms with Gasteiger partial charge in [-0.05, 0) is 45.0 Å². The van der Waals surface area contributed by atoms with E-state index >= 15 is 0 Å². The zero-order valence-corrected chi connectivity index (χ0v) is 14.1. The Hall–Kier alpha value is -2.82. The maximum atomic E-state index is 12.6. The highest BCUT2D eigenvalue weighted by Gasteiger charge is 2.36. The molecule has 2 N–H and O–H groups in total. The molecule has 5 heteroatoms. The number of carbonyl (C=O) groups excluding carboxylic acids is 2. The molecule has 0 saturated carbocycles. The van der Waals surface area contributed by atoms with E-state index in [1.165, 1.54) is 0 Å². The van der Waals surface area contributed by atoms with Gasteiger partial charge in [0.2, 0.25) is 11.8 Å². The maximum absolute atomic E-state index is 12.6. The molecule has 126 valence electrons. The zero-order chi connectivity index (χ0) is 17.6. The summed E-state index contributed by atoms with van der Waals surface area (Å²) in [5.74, 6) is -0.198. The number of benzene rings is 2. The molecule has 5 nitrogen and oxygen atoms in total. The molecule has 0 aliphatic rings. The van der Waals surface area contributed by atoms with Crippen LogP contribution in [0.2, 0.25) is 0 Å². The summed E-state index contributed by atoms with van der Waals surface area (Å²) >= 11 is 0. The van der Waals surface area contributed by atoms with E-state index in [1.807, 2.05) is 31.2 Å². The quantitative estimate of drug-likeness (QED) is 0.796. The Kier molecular flexibility index (Phi) is 5.58. The van der Waals surface area contributed by atoms with Gasteiger partial charge < -0.3 is 15.4 Å². The third-order valence-electron chi connectivity index (χ3n) is 3.60. The van der Waals surface area contributed by atoms with Crippen LogP contribution in [0.3, 0.4) is 0 Å². The first-order valence-corrected chi connectivity index (χ1v) is 7.85. The predicted octanol–water partition coefficient (Wildman–Crippen LogP) is 3.69. The van der Waals surface area contributed by atoms with Gasteiger partial charge in [0.05, 0.1) is 12.3 Å². The number of para-hydroxylation sites is 3. The summed E-state index contributed by atoms with van der Waals surface area (Å²) in [5, 5.41) is 5.54. The molecule has 0 atom stereocenters. The van der Waals surface area contributed by atoms with E-state index in [0.29, 0.717) is 23.7 Å². The first kappa shape index (κ1) is 17.5. The topological polar surface area (TPSA) is 67.4 Å². The molecule has 2 rings (SSSR count). The summed E-state index contributed by atoms with van der Waals surface area (Å²) in [6.45, 7) is 5.54. The second-order valence-electron chi connectivity index (χ2n) is 5.83. The largest absolute Gasteiger partial charge is 0.492 e. The molecule has 0 heterocycles. The van der Waals surface area contributed by atoms with Gasteiger partial charge in [0.25, 0.3) is 0 Å². The minimum Gasteiger partial charge on any atom is -0.492 e. The van der Waals surface area contributed by atoms with Gasteiger partial charge in [-0.3, -0.25) is 9.59 Å². The molecular formula is C19H22N2O3. The molecule has 0 fully saturated rings. The fourth-order valence-electron chi connectivity index (χ4n) is 2.04. The molecule has 0 aliphatic heterocycles. The van der Waals surface area contributed by atoms with Crippen LogP contribution in [0.5, 0.6) is 5.75 Å². The predicted molar refractivity (Wildman–Crippen MR) is 95.1 cm³/mol. The van der Waals surface area contributed by atoms with Gasteiger partial charge in [0, 0.05) is 5.69 Å². The number of rotatable bonds is 6. The number of anilines is 2. The summed E-state index contributed by atoms with van der Waals surface area (Å²) in [6.07, 6.45) is 0. The van der Waals surface area contributed by atoms with Crippen molar-refractivity contribution in [2.75, 3.05) is 17.2 Å². The lowest BCUT2D eigenvalue weighted by Gasteiger charge is -2.23. The lowest BCUT2D eigenvalue weighted by molar-refractivity contribution is -0.135. The molecule has 0 radical (unpaired) electrons. The van der Waals surface area contributed by atoms with Crippen molar-refractivity contribution in [2.24, 2.45) is 5.41 Å². The van der Waals surface area contributed by atoms with Crippen molar-refractivity contribution in [1.29, 1.82) is 0 Å². The summed E-state index contributed by atoms with van der Waals surface area (Å²) in [6, 6.07) is 16.2. The molecule has 0 bridgehead atoms. The van der Waals surface area contributed by atoms with Gasteiger partial charge in [-0.2, -0.15) is 0 Å². The Balaban J connectivity index is 2.11. The van der Waals surface area contributed by atoms with Gasteiger partial charge >= 0.3 is 0 Å². The van der Waals surface area contributed by atoms with Crippen molar-refractivity contribution in [1.82, 2.24) is 0 Å². The molecule has 0 saturated heterocycles. The van der Waals surface area contributed by atoms with E-state index in [2.05, 4.69) is 10.6 Å². The fraction of sp³-hybridized carbons (Fsp3) is 0.263. The molecule has 0 aromatic heterocycles. The molecule has 24 heavy (non-hydrogen) atoms. The molecular weight excluding hydrogens is 304 g/mol. The number of amides is 2. The van der Waals surface area contributed by atoms with Crippen LogP contribution in [0.25, 0.3) is 0 Å². The standard InChI is InChI=1S/C19H22N2O3/c1-4-24-16-13-9-8-12-15(16)21-18(23)19(2,3)17(22)20-14-10-6-5-7-11-14/h5-13H,4H2,1-3H3,(H,20,22)(H,21,23). The second-order valence-corrected chi connectivity index (χ2v) is 5.83. The lowest BCUT2D eigenvalue weighted by Crippen LogP contribution is -2.41. The minimum absolute atomic E-state index is 0.375. The zero-order valence-electron chi connectivity index (χ0n) is 14.1. The smallest absolute Gasteiger partial charge is 0.239 e. The van der Waals surface area contributed by atoms with Crippen LogP contribution in [-0.2, 0) is 9.59 Å². The van der Waals surface area contributed by atoms with Crippen molar-refractivity contribution in [3.05, 3.63) is 54.6 Å². The summed E-state index contributed by atoms with van der Waals surface area (Å²) in [7, 11) is 0. The highest BCUT2D eigenvalue weighted by Crippen LogP contribution is 2.27. The van der Waals surface area contributed by atoms with Crippen LogP contribution in [0.4, 0.5) is 11.4 Å². The SMILES string of the molecule is CCOc1ccccc1NC(=O)C(C)(C)C(=O)Nc1ccccc1. The van der Waals surface area contributed by atoms with E-state index in [0.717, 1.165) is 0 Å². The molecule has 0 unspecified atom stereocenters.